The molecular weight excluding hydrogens is 180 g/mol. The van der Waals surface area contributed by atoms with Crippen molar-refractivity contribution in [3.05, 3.63) is 36.9 Å². The molecule has 1 aromatic heterocycles. The molecule has 2 rings (SSSR count). The molecule has 4 heteroatoms. The summed E-state index contributed by atoms with van der Waals surface area (Å²) in [4.78, 5) is 7.56. The second-order valence-corrected chi connectivity index (χ2v) is 2.75. The average molecular weight is 187 g/mol. The first-order valence-corrected chi connectivity index (χ1v) is 3.97. The Hall–Kier alpha value is -2.10. The van der Waals surface area contributed by atoms with Crippen LogP contribution in [0.3, 0.4) is 0 Å². The number of benzene rings is 1. The first kappa shape index (κ1) is 8.50. The zero-order valence-electron chi connectivity index (χ0n) is 7.18. The van der Waals surface area contributed by atoms with Crippen LogP contribution in [0, 0.1) is 6.20 Å². The third kappa shape index (κ3) is 1.50. The molecule has 0 saturated carbocycles. The number of aromatic hydroxyl groups is 2. The predicted octanol–water partition coefficient (Wildman–Crippen LogP) is 1.35. The van der Waals surface area contributed by atoms with E-state index in [1.807, 2.05) is 0 Å². The Bertz CT molecular complexity index is 443. The maximum Gasteiger partial charge on any atom is 0.158 e. The fraction of sp³-hybridized carbons (Fsp3) is 0. The molecule has 1 radical (unpaired) electrons. The highest BCUT2D eigenvalue weighted by molar-refractivity contribution is 5.64. The highest BCUT2D eigenvalue weighted by atomic mass is 16.3. The van der Waals surface area contributed by atoms with Crippen molar-refractivity contribution in [1.82, 2.24) is 9.97 Å². The molecule has 1 aromatic carbocycles. The predicted molar refractivity (Wildman–Crippen MR) is 49.6 cm³/mol. The summed E-state index contributed by atoms with van der Waals surface area (Å²) in [6.45, 7) is 0. The van der Waals surface area contributed by atoms with Gasteiger partial charge >= 0.3 is 0 Å². The molecule has 0 aliphatic heterocycles. The van der Waals surface area contributed by atoms with E-state index in [2.05, 4.69) is 16.2 Å². The summed E-state index contributed by atoms with van der Waals surface area (Å²) >= 11 is 0. The number of hydrogen-bond donors (Lipinski definition) is 2. The first-order chi connectivity index (χ1) is 6.77. The van der Waals surface area contributed by atoms with Crippen LogP contribution in [0.25, 0.3) is 11.1 Å². The molecule has 2 N–H and O–H groups in total. The second-order valence-electron chi connectivity index (χ2n) is 2.75. The van der Waals surface area contributed by atoms with E-state index in [1.54, 1.807) is 12.3 Å². The van der Waals surface area contributed by atoms with Crippen LogP contribution in [-0.2, 0) is 0 Å². The van der Waals surface area contributed by atoms with Gasteiger partial charge in [-0.1, -0.05) is 6.07 Å². The average Bonchev–Trinajstić information content (AvgIpc) is 2.23. The summed E-state index contributed by atoms with van der Waals surface area (Å²) in [7, 11) is 0. The van der Waals surface area contributed by atoms with Gasteiger partial charge in [-0.25, -0.2) is 9.97 Å². The van der Waals surface area contributed by atoms with Crippen molar-refractivity contribution in [3.8, 4) is 22.6 Å². The van der Waals surface area contributed by atoms with E-state index in [4.69, 9.17) is 5.11 Å². The van der Waals surface area contributed by atoms with Gasteiger partial charge in [0.1, 0.15) is 12.5 Å². The Balaban J connectivity index is 2.48. The molecule has 0 atom stereocenters. The molecule has 0 aliphatic rings. The van der Waals surface area contributed by atoms with Crippen LogP contribution < -0.4 is 0 Å². The lowest BCUT2D eigenvalue weighted by Gasteiger charge is -2.01. The van der Waals surface area contributed by atoms with Gasteiger partial charge in [0.25, 0.3) is 0 Å². The maximum atomic E-state index is 9.26. The summed E-state index contributed by atoms with van der Waals surface area (Å²) < 4.78 is 0. The SMILES string of the molecule is Oc1ccc(-c2[c]ncnc2)cc1O. The lowest BCUT2D eigenvalue weighted by molar-refractivity contribution is 0.404. The summed E-state index contributed by atoms with van der Waals surface area (Å²) in [6, 6.07) is 4.50. The van der Waals surface area contributed by atoms with E-state index >= 15 is 0 Å². The van der Waals surface area contributed by atoms with Crippen LogP contribution in [0.4, 0.5) is 0 Å². The molecule has 0 spiro atoms. The number of aromatic nitrogens is 2. The molecule has 1 heterocycles. The van der Waals surface area contributed by atoms with Gasteiger partial charge < -0.3 is 10.2 Å². The van der Waals surface area contributed by atoms with Crippen LogP contribution in [0.15, 0.2) is 30.7 Å². The molecule has 2 aromatic rings. The third-order valence-electron chi connectivity index (χ3n) is 1.80. The van der Waals surface area contributed by atoms with Gasteiger partial charge in [-0.3, -0.25) is 0 Å². The highest BCUT2D eigenvalue weighted by Crippen LogP contribution is 2.29. The largest absolute Gasteiger partial charge is 0.504 e. The van der Waals surface area contributed by atoms with E-state index in [0.717, 1.165) is 0 Å². The van der Waals surface area contributed by atoms with E-state index in [-0.39, 0.29) is 11.5 Å². The van der Waals surface area contributed by atoms with Crippen molar-refractivity contribution in [2.24, 2.45) is 0 Å². The van der Waals surface area contributed by atoms with E-state index in [9.17, 15) is 5.11 Å². The Labute approximate surface area is 80.5 Å². The van der Waals surface area contributed by atoms with Crippen molar-refractivity contribution >= 4 is 0 Å². The molecule has 0 fully saturated rings. The van der Waals surface area contributed by atoms with Crippen molar-refractivity contribution in [3.63, 3.8) is 0 Å². The van der Waals surface area contributed by atoms with Gasteiger partial charge in [0.05, 0.1) is 0 Å². The van der Waals surface area contributed by atoms with Crippen molar-refractivity contribution in [1.29, 1.82) is 0 Å². The normalized spacial score (nSPS) is 10.0. The van der Waals surface area contributed by atoms with Crippen LogP contribution in [0.1, 0.15) is 0 Å². The lowest BCUT2D eigenvalue weighted by Crippen LogP contribution is -1.82. The molecular formula is C10H7N2O2. The van der Waals surface area contributed by atoms with Crippen molar-refractivity contribution < 1.29 is 10.2 Å². The number of nitrogens with zero attached hydrogens (tertiary/aromatic N) is 2. The quantitative estimate of drug-likeness (QED) is 0.661. The number of hydrogen-bond acceptors (Lipinski definition) is 4. The second kappa shape index (κ2) is 3.33. The van der Waals surface area contributed by atoms with Crippen LogP contribution >= 0.6 is 0 Å². The first-order valence-electron chi connectivity index (χ1n) is 3.97. The Morgan fingerprint density at radius 1 is 1.14 bits per heavy atom. The minimum Gasteiger partial charge on any atom is -0.504 e. The van der Waals surface area contributed by atoms with Gasteiger partial charge in [-0.2, -0.15) is 0 Å². The zero-order chi connectivity index (χ0) is 9.97. The molecule has 4 nitrogen and oxygen atoms in total. The van der Waals surface area contributed by atoms with E-state index in [0.29, 0.717) is 11.1 Å². The number of phenolic OH excluding ortho intramolecular Hbond substituents is 2. The highest BCUT2D eigenvalue weighted by Gasteiger charge is 2.02. The molecule has 0 aliphatic carbocycles. The van der Waals surface area contributed by atoms with E-state index < -0.39 is 0 Å². The fourth-order valence-corrected chi connectivity index (χ4v) is 1.10. The summed E-state index contributed by atoms with van der Waals surface area (Å²) in [5, 5.41) is 18.4. The van der Waals surface area contributed by atoms with E-state index in [1.165, 1.54) is 18.5 Å². The van der Waals surface area contributed by atoms with Gasteiger partial charge in [0, 0.05) is 11.8 Å². The fourth-order valence-electron chi connectivity index (χ4n) is 1.10. The number of phenols is 2. The monoisotopic (exact) mass is 187 g/mol. The van der Waals surface area contributed by atoms with Crippen LogP contribution in [0.2, 0.25) is 0 Å². The Morgan fingerprint density at radius 3 is 2.64 bits per heavy atom. The zero-order valence-corrected chi connectivity index (χ0v) is 7.18. The van der Waals surface area contributed by atoms with Crippen LogP contribution in [0.5, 0.6) is 11.5 Å². The maximum absolute atomic E-state index is 9.26. The third-order valence-corrected chi connectivity index (χ3v) is 1.80. The molecule has 69 valence electrons. The van der Waals surface area contributed by atoms with Gasteiger partial charge in [-0.05, 0) is 17.7 Å². The molecule has 0 saturated heterocycles. The topological polar surface area (TPSA) is 66.2 Å². The standard InChI is InChI=1S/C10H7N2O2/c13-9-2-1-7(3-10(9)14)8-4-11-6-12-5-8/h1-4,6,13-14H. The molecule has 0 unspecified atom stereocenters. The summed E-state index contributed by atoms with van der Waals surface area (Å²) in [5.74, 6) is -0.314. The van der Waals surface area contributed by atoms with Crippen molar-refractivity contribution in [2.45, 2.75) is 0 Å². The molecule has 0 amide bonds. The van der Waals surface area contributed by atoms with Crippen molar-refractivity contribution in [2.75, 3.05) is 0 Å². The van der Waals surface area contributed by atoms with Gasteiger partial charge in [0.15, 0.2) is 11.5 Å². The Morgan fingerprint density at radius 2 is 2.00 bits per heavy atom. The molecule has 14 heavy (non-hydrogen) atoms. The minimum absolute atomic E-state index is 0.148. The van der Waals surface area contributed by atoms with Crippen LogP contribution in [-0.4, -0.2) is 20.2 Å². The minimum atomic E-state index is -0.167. The lowest BCUT2D eigenvalue weighted by atomic mass is 10.1. The smallest absolute Gasteiger partial charge is 0.158 e. The van der Waals surface area contributed by atoms with Gasteiger partial charge in [-0.15, -0.1) is 0 Å². The summed E-state index contributed by atoms with van der Waals surface area (Å²) in [6.07, 6.45) is 5.69. The molecule has 0 bridgehead atoms. The Kier molecular flexibility index (Phi) is 2.02. The summed E-state index contributed by atoms with van der Waals surface area (Å²) in [5.41, 5.74) is 1.38. The van der Waals surface area contributed by atoms with Gasteiger partial charge in [0.2, 0.25) is 0 Å². The number of rotatable bonds is 1.